The molecule has 0 fully saturated rings. The van der Waals surface area contributed by atoms with Gasteiger partial charge in [-0.15, -0.1) is 0 Å². The Kier molecular flexibility index (Phi) is 6.08. The second kappa shape index (κ2) is 8.50. The molecule has 142 valence electrons. The smallest absolute Gasteiger partial charge is 0.241 e. The molecule has 6 heteroatoms. The number of aryl methyl sites for hydroxylation is 1. The molecule has 1 N–H and O–H groups in total. The largest absolute Gasteiger partial charge is 0.492 e. The average Bonchev–Trinajstić information content (AvgIpc) is 2.67. The predicted molar refractivity (Wildman–Crippen MR) is 107 cm³/mol. The molecule has 0 amide bonds. The van der Waals surface area contributed by atoms with Gasteiger partial charge in [0.25, 0.3) is 0 Å². The summed E-state index contributed by atoms with van der Waals surface area (Å²) < 4.78 is 34.3. The molecule has 1 atom stereocenters. The zero-order valence-corrected chi connectivity index (χ0v) is 16.4. The van der Waals surface area contributed by atoms with Gasteiger partial charge in [-0.3, -0.25) is 4.98 Å². The van der Waals surface area contributed by atoms with E-state index in [-0.39, 0.29) is 10.9 Å². The Labute approximate surface area is 160 Å². The Morgan fingerprint density at radius 1 is 1.07 bits per heavy atom. The molecular formula is C21H24N2O3S. The number of fused-ring (bicyclic) bond motifs is 1. The maximum absolute atomic E-state index is 13.0. The van der Waals surface area contributed by atoms with Crippen LogP contribution in [-0.2, 0) is 16.4 Å². The molecule has 0 spiro atoms. The van der Waals surface area contributed by atoms with E-state index in [0.29, 0.717) is 23.3 Å². The first-order chi connectivity index (χ1) is 13.0. The van der Waals surface area contributed by atoms with Crippen molar-refractivity contribution < 1.29 is 13.2 Å². The fourth-order valence-corrected chi connectivity index (χ4v) is 4.52. The maximum Gasteiger partial charge on any atom is 0.241 e. The van der Waals surface area contributed by atoms with E-state index in [1.54, 1.807) is 30.5 Å². The van der Waals surface area contributed by atoms with Crippen molar-refractivity contribution in [1.29, 1.82) is 0 Å². The standard InChI is InChI=1S/C21H24N2O3S/c1-3-26-19-13-14-20(18-10-7-15-22-21(18)19)27(24,25)23-16(2)11-12-17-8-5-4-6-9-17/h4-10,13-16,23H,3,11-12H2,1-2H3. The molecule has 1 unspecified atom stereocenters. The van der Waals surface area contributed by atoms with Crippen LogP contribution in [0.3, 0.4) is 0 Å². The quantitative estimate of drug-likeness (QED) is 0.639. The Hall–Kier alpha value is -2.44. The fourth-order valence-electron chi connectivity index (χ4n) is 3.04. The highest BCUT2D eigenvalue weighted by Crippen LogP contribution is 2.29. The van der Waals surface area contributed by atoms with Crippen molar-refractivity contribution in [3.05, 3.63) is 66.4 Å². The number of sulfonamides is 1. The number of aromatic nitrogens is 1. The molecular weight excluding hydrogens is 360 g/mol. The number of ether oxygens (including phenoxy) is 1. The first-order valence-electron chi connectivity index (χ1n) is 9.08. The predicted octanol–water partition coefficient (Wildman–Crippen LogP) is 3.93. The first kappa shape index (κ1) is 19.3. The van der Waals surface area contributed by atoms with Crippen LogP contribution < -0.4 is 9.46 Å². The summed E-state index contributed by atoms with van der Waals surface area (Å²) in [4.78, 5) is 4.53. The van der Waals surface area contributed by atoms with Crippen molar-refractivity contribution in [3.63, 3.8) is 0 Å². The highest BCUT2D eigenvalue weighted by molar-refractivity contribution is 7.89. The first-order valence-corrected chi connectivity index (χ1v) is 10.6. The molecule has 0 saturated heterocycles. The molecule has 0 radical (unpaired) electrons. The van der Waals surface area contributed by atoms with Gasteiger partial charge in [0.05, 0.1) is 11.5 Å². The molecule has 3 rings (SSSR count). The van der Waals surface area contributed by atoms with Gasteiger partial charge in [0.2, 0.25) is 10.0 Å². The van der Waals surface area contributed by atoms with Crippen molar-refractivity contribution >= 4 is 20.9 Å². The molecule has 1 heterocycles. The highest BCUT2D eigenvalue weighted by atomic mass is 32.2. The van der Waals surface area contributed by atoms with Gasteiger partial charge in [-0.05, 0) is 56.5 Å². The van der Waals surface area contributed by atoms with E-state index >= 15 is 0 Å². The Morgan fingerprint density at radius 3 is 2.59 bits per heavy atom. The van der Waals surface area contributed by atoms with Crippen LogP contribution in [0.1, 0.15) is 25.8 Å². The summed E-state index contributed by atoms with van der Waals surface area (Å²) >= 11 is 0. The van der Waals surface area contributed by atoms with Crippen LogP contribution in [0.15, 0.2) is 65.7 Å². The minimum atomic E-state index is -3.67. The van der Waals surface area contributed by atoms with Gasteiger partial charge in [-0.2, -0.15) is 0 Å². The number of benzene rings is 2. The van der Waals surface area contributed by atoms with E-state index in [2.05, 4.69) is 9.71 Å². The number of hydrogen-bond donors (Lipinski definition) is 1. The highest BCUT2D eigenvalue weighted by Gasteiger charge is 2.21. The van der Waals surface area contributed by atoms with E-state index in [1.165, 1.54) is 5.56 Å². The lowest BCUT2D eigenvalue weighted by Crippen LogP contribution is -2.33. The van der Waals surface area contributed by atoms with Crippen LogP contribution in [0.25, 0.3) is 10.9 Å². The van der Waals surface area contributed by atoms with Crippen molar-refractivity contribution in [2.45, 2.75) is 37.6 Å². The van der Waals surface area contributed by atoms with E-state index in [9.17, 15) is 8.42 Å². The van der Waals surface area contributed by atoms with Crippen LogP contribution in [-0.4, -0.2) is 26.1 Å². The van der Waals surface area contributed by atoms with Crippen LogP contribution in [0.2, 0.25) is 0 Å². The van der Waals surface area contributed by atoms with Gasteiger partial charge in [-0.25, -0.2) is 13.1 Å². The Bertz CT molecular complexity index is 1000. The minimum Gasteiger partial charge on any atom is -0.492 e. The number of nitrogens with one attached hydrogen (secondary N) is 1. The van der Waals surface area contributed by atoms with Crippen LogP contribution in [0, 0.1) is 0 Å². The lowest BCUT2D eigenvalue weighted by atomic mass is 10.1. The molecule has 5 nitrogen and oxygen atoms in total. The minimum absolute atomic E-state index is 0.187. The van der Waals surface area contributed by atoms with E-state index < -0.39 is 10.0 Å². The van der Waals surface area contributed by atoms with Crippen LogP contribution in [0.4, 0.5) is 0 Å². The number of nitrogens with zero attached hydrogens (tertiary/aromatic N) is 1. The Morgan fingerprint density at radius 2 is 1.85 bits per heavy atom. The van der Waals surface area contributed by atoms with Crippen LogP contribution in [0.5, 0.6) is 5.75 Å². The SMILES string of the molecule is CCOc1ccc(S(=O)(=O)NC(C)CCc2ccccc2)c2cccnc12. The van der Waals surface area contributed by atoms with Crippen molar-refractivity contribution in [3.8, 4) is 5.75 Å². The summed E-state index contributed by atoms with van der Waals surface area (Å²) in [5.41, 5.74) is 1.75. The number of rotatable bonds is 8. The van der Waals surface area contributed by atoms with Gasteiger partial charge in [0, 0.05) is 17.6 Å². The summed E-state index contributed by atoms with van der Waals surface area (Å²) in [6.07, 6.45) is 3.17. The second-order valence-electron chi connectivity index (χ2n) is 6.44. The van der Waals surface area contributed by atoms with Gasteiger partial charge in [-0.1, -0.05) is 30.3 Å². The summed E-state index contributed by atoms with van der Waals surface area (Å²) in [5.74, 6) is 0.587. The van der Waals surface area contributed by atoms with Crippen molar-refractivity contribution in [2.24, 2.45) is 0 Å². The lowest BCUT2D eigenvalue weighted by Gasteiger charge is -2.16. The molecule has 3 aromatic rings. The summed E-state index contributed by atoms with van der Waals surface area (Å²) in [7, 11) is -3.67. The summed E-state index contributed by atoms with van der Waals surface area (Å²) in [5, 5.41) is 0.561. The molecule has 0 saturated carbocycles. The Balaban J connectivity index is 1.81. The number of hydrogen-bond acceptors (Lipinski definition) is 4. The molecule has 1 aromatic heterocycles. The molecule has 0 aliphatic rings. The van der Waals surface area contributed by atoms with Crippen LogP contribution >= 0.6 is 0 Å². The second-order valence-corrected chi connectivity index (χ2v) is 8.12. The van der Waals surface area contributed by atoms with E-state index in [1.807, 2.05) is 44.2 Å². The monoisotopic (exact) mass is 384 g/mol. The zero-order chi connectivity index (χ0) is 19.3. The third-order valence-corrected chi connectivity index (χ3v) is 5.99. The van der Waals surface area contributed by atoms with Gasteiger partial charge < -0.3 is 4.74 Å². The third kappa shape index (κ3) is 4.64. The molecule has 2 aromatic carbocycles. The zero-order valence-electron chi connectivity index (χ0n) is 15.6. The molecule has 0 aliphatic heterocycles. The van der Waals surface area contributed by atoms with Gasteiger partial charge in [0.1, 0.15) is 11.3 Å². The fraction of sp³-hybridized carbons (Fsp3) is 0.286. The van der Waals surface area contributed by atoms with Crippen molar-refractivity contribution in [2.75, 3.05) is 6.61 Å². The summed E-state index contributed by atoms with van der Waals surface area (Å²) in [6, 6.07) is 16.6. The average molecular weight is 385 g/mol. The van der Waals surface area contributed by atoms with Gasteiger partial charge >= 0.3 is 0 Å². The topological polar surface area (TPSA) is 68.3 Å². The summed E-state index contributed by atoms with van der Waals surface area (Å²) in [6.45, 7) is 4.26. The van der Waals surface area contributed by atoms with Gasteiger partial charge in [0.15, 0.2) is 0 Å². The molecule has 0 bridgehead atoms. The number of pyridine rings is 1. The lowest BCUT2D eigenvalue weighted by molar-refractivity contribution is 0.343. The van der Waals surface area contributed by atoms with Crippen molar-refractivity contribution in [1.82, 2.24) is 9.71 Å². The normalized spacial score (nSPS) is 12.8. The third-order valence-electron chi connectivity index (χ3n) is 4.35. The van der Waals surface area contributed by atoms with E-state index in [0.717, 1.165) is 12.8 Å². The molecule has 27 heavy (non-hydrogen) atoms. The molecule has 0 aliphatic carbocycles. The van der Waals surface area contributed by atoms with E-state index in [4.69, 9.17) is 4.74 Å². The maximum atomic E-state index is 13.0.